The number of rotatable bonds is 15. The zero-order chi connectivity index (χ0) is 37.7. The molecular formula is C21H20F17N3O7. The monoisotopic (exact) mass is 749 g/mol. The fourth-order valence-electron chi connectivity index (χ4n) is 3.97. The standard InChI is InChI=1S/C21H20F17N3O7/c22-14(23,16(26,27)18(30,31)20(34,35)36)15(24,25)17(28,29)19(32,33)21(37,38)40-7(5-42)2-4-47-11-10(45)8(6-43)48-12(11)41-3-1-9(44)39-13(41)46/h1,3,7-8,10-12,40,42-43,45H,2,4-6H2,(H,39,44,46)/t7-,8+,10-,11?,12+/m0/s1. The van der Waals surface area contributed by atoms with Crippen molar-refractivity contribution in [3.8, 4) is 0 Å². The van der Waals surface area contributed by atoms with E-state index in [1.165, 1.54) is 0 Å². The third-order valence-electron chi connectivity index (χ3n) is 6.72. The van der Waals surface area contributed by atoms with Crippen LogP contribution in [0.2, 0.25) is 0 Å². The Hall–Kier alpha value is -2.75. The summed E-state index contributed by atoms with van der Waals surface area (Å²) in [6, 6.07) is -8.99. The van der Waals surface area contributed by atoms with Gasteiger partial charge in [-0.3, -0.25) is 14.3 Å². The number of aliphatic hydroxyl groups is 3. The highest BCUT2D eigenvalue weighted by Gasteiger charge is 2.95. The van der Waals surface area contributed by atoms with E-state index in [0.717, 1.165) is 12.3 Å². The molecule has 1 saturated heterocycles. The van der Waals surface area contributed by atoms with Crippen molar-refractivity contribution in [3.63, 3.8) is 0 Å². The predicted octanol–water partition coefficient (Wildman–Crippen LogP) is 2.48. The van der Waals surface area contributed by atoms with Crippen molar-refractivity contribution in [2.24, 2.45) is 0 Å². The van der Waals surface area contributed by atoms with Crippen molar-refractivity contribution >= 4 is 0 Å². The second kappa shape index (κ2) is 13.2. The van der Waals surface area contributed by atoms with Crippen molar-refractivity contribution in [3.05, 3.63) is 33.1 Å². The molecule has 0 aliphatic carbocycles. The molecule has 5 N–H and O–H groups in total. The Bertz CT molecular complexity index is 1380. The van der Waals surface area contributed by atoms with Crippen molar-refractivity contribution in [1.82, 2.24) is 14.9 Å². The maximum Gasteiger partial charge on any atom is 0.460 e. The minimum Gasteiger partial charge on any atom is -0.395 e. The van der Waals surface area contributed by atoms with Crippen LogP contribution in [0, 0.1) is 0 Å². The molecule has 27 heteroatoms. The van der Waals surface area contributed by atoms with E-state index in [2.05, 4.69) is 0 Å². The first-order valence-electron chi connectivity index (χ1n) is 12.4. The number of halogens is 17. The van der Waals surface area contributed by atoms with Crippen LogP contribution in [0.4, 0.5) is 74.6 Å². The molecule has 48 heavy (non-hydrogen) atoms. The van der Waals surface area contributed by atoms with Crippen LogP contribution < -0.4 is 16.6 Å². The first-order valence-corrected chi connectivity index (χ1v) is 12.4. The number of aliphatic hydroxyl groups excluding tert-OH is 3. The minimum absolute atomic E-state index is 0.105. The van der Waals surface area contributed by atoms with E-state index in [-0.39, 0.29) is 5.32 Å². The second-order valence-corrected chi connectivity index (χ2v) is 9.92. The Balaban J connectivity index is 2.32. The summed E-state index contributed by atoms with van der Waals surface area (Å²) < 4.78 is 240. The molecule has 2 rings (SSSR count). The highest BCUT2D eigenvalue weighted by Crippen LogP contribution is 2.63. The number of hydrogen-bond acceptors (Lipinski definition) is 8. The molecule has 0 aromatic carbocycles. The van der Waals surface area contributed by atoms with E-state index in [9.17, 15) is 99.5 Å². The van der Waals surface area contributed by atoms with Crippen molar-refractivity contribution in [1.29, 1.82) is 0 Å². The van der Waals surface area contributed by atoms with E-state index < -0.39 is 116 Å². The number of nitrogens with zero attached hydrogens (tertiary/aromatic N) is 1. The van der Waals surface area contributed by atoms with Crippen molar-refractivity contribution < 1.29 is 99.4 Å². The van der Waals surface area contributed by atoms with Crippen LogP contribution in [0.1, 0.15) is 12.6 Å². The van der Waals surface area contributed by atoms with Gasteiger partial charge in [0, 0.05) is 24.9 Å². The van der Waals surface area contributed by atoms with Gasteiger partial charge >= 0.3 is 53.4 Å². The third kappa shape index (κ3) is 6.59. The first-order chi connectivity index (χ1) is 21.4. The average Bonchev–Trinajstić information content (AvgIpc) is 3.25. The molecule has 0 radical (unpaired) electrons. The van der Waals surface area contributed by atoms with Gasteiger partial charge in [0.1, 0.15) is 18.3 Å². The van der Waals surface area contributed by atoms with Crippen LogP contribution in [-0.2, 0) is 9.47 Å². The largest absolute Gasteiger partial charge is 0.460 e. The molecule has 5 atom stereocenters. The molecule has 0 saturated carbocycles. The van der Waals surface area contributed by atoms with E-state index in [1.54, 1.807) is 4.98 Å². The first kappa shape index (κ1) is 41.4. The normalized spacial score (nSPS) is 23.1. The Kier molecular flexibility index (Phi) is 11.4. The Morgan fingerprint density at radius 3 is 1.73 bits per heavy atom. The number of nitrogens with one attached hydrogen (secondary N) is 2. The van der Waals surface area contributed by atoms with Crippen LogP contribution in [-0.4, -0.2) is 117 Å². The van der Waals surface area contributed by atoms with Gasteiger partial charge in [-0.1, -0.05) is 0 Å². The molecule has 280 valence electrons. The van der Waals surface area contributed by atoms with Gasteiger partial charge in [-0.25, -0.2) is 10.1 Å². The van der Waals surface area contributed by atoms with Crippen LogP contribution >= 0.6 is 0 Å². The zero-order valence-corrected chi connectivity index (χ0v) is 22.7. The molecule has 1 fully saturated rings. The molecule has 0 bridgehead atoms. The van der Waals surface area contributed by atoms with Gasteiger partial charge in [0.2, 0.25) is 0 Å². The molecule has 0 amide bonds. The zero-order valence-electron chi connectivity index (χ0n) is 22.7. The molecule has 0 spiro atoms. The number of hydrogen-bond donors (Lipinski definition) is 5. The second-order valence-electron chi connectivity index (χ2n) is 9.92. The SMILES string of the molecule is O=c1ccn([C@@H]2O[C@H](CO)[C@H](O)C2OCC[C@@H](CO)NC(F)(F)C(F)(F)C(F)(F)C(F)(F)C(F)(F)C(F)(F)C(F)(F)C(F)(F)F)c(=O)[nH]1. The lowest BCUT2D eigenvalue weighted by Crippen LogP contribution is -2.76. The molecule has 1 aromatic heterocycles. The van der Waals surface area contributed by atoms with Gasteiger partial charge in [-0.05, 0) is 6.42 Å². The van der Waals surface area contributed by atoms with Gasteiger partial charge in [0.25, 0.3) is 5.56 Å². The lowest BCUT2D eigenvalue weighted by molar-refractivity contribution is -0.463. The quantitative estimate of drug-likeness (QED) is 0.136. The van der Waals surface area contributed by atoms with Gasteiger partial charge in [0.15, 0.2) is 6.23 Å². The van der Waals surface area contributed by atoms with Crippen LogP contribution in [0.15, 0.2) is 21.9 Å². The number of aromatic nitrogens is 2. The van der Waals surface area contributed by atoms with Crippen molar-refractivity contribution in [2.45, 2.75) is 84.8 Å². The maximum atomic E-state index is 14.3. The van der Waals surface area contributed by atoms with Crippen LogP contribution in [0.5, 0.6) is 0 Å². The maximum absolute atomic E-state index is 14.3. The summed E-state index contributed by atoms with van der Waals surface area (Å²) in [6.07, 6.45) is -15.5. The minimum atomic E-state index is -8.80. The summed E-state index contributed by atoms with van der Waals surface area (Å²) >= 11 is 0. The highest BCUT2D eigenvalue weighted by atomic mass is 19.4. The van der Waals surface area contributed by atoms with Crippen molar-refractivity contribution in [2.75, 3.05) is 19.8 Å². The van der Waals surface area contributed by atoms with Crippen LogP contribution in [0.25, 0.3) is 0 Å². The number of alkyl halides is 17. The molecular weight excluding hydrogens is 729 g/mol. The van der Waals surface area contributed by atoms with E-state index >= 15 is 0 Å². The predicted molar refractivity (Wildman–Crippen MR) is 117 cm³/mol. The summed E-state index contributed by atoms with van der Waals surface area (Å²) in [4.78, 5) is 25.1. The summed E-state index contributed by atoms with van der Waals surface area (Å²) in [5, 5.41) is 28.9. The topological polar surface area (TPSA) is 146 Å². The number of ether oxygens (including phenoxy) is 2. The fourth-order valence-corrected chi connectivity index (χ4v) is 3.97. The third-order valence-corrected chi connectivity index (χ3v) is 6.72. The fraction of sp³-hybridized carbons (Fsp3) is 0.810. The Labute approximate surface area is 253 Å². The molecule has 2 heterocycles. The summed E-state index contributed by atoms with van der Waals surface area (Å²) in [5.41, 5.74) is -2.16. The van der Waals surface area contributed by atoms with E-state index in [4.69, 9.17) is 9.47 Å². The average molecular weight is 749 g/mol. The summed E-state index contributed by atoms with van der Waals surface area (Å²) in [7, 11) is 0. The van der Waals surface area contributed by atoms with Gasteiger partial charge in [-0.15, -0.1) is 0 Å². The van der Waals surface area contributed by atoms with E-state index in [1.807, 2.05) is 0 Å². The highest BCUT2D eigenvalue weighted by molar-refractivity contribution is 5.15. The van der Waals surface area contributed by atoms with Gasteiger partial charge < -0.3 is 24.8 Å². The lowest BCUT2D eigenvalue weighted by atomic mass is 9.90. The van der Waals surface area contributed by atoms with Crippen LogP contribution in [0.3, 0.4) is 0 Å². The molecule has 1 aliphatic rings. The lowest BCUT2D eigenvalue weighted by Gasteiger charge is -2.43. The Morgan fingerprint density at radius 2 is 1.29 bits per heavy atom. The summed E-state index contributed by atoms with van der Waals surface area (Å²) in [6.45, 7) is -4.02. The van der Waals surface area contributed by atoms with Gasteiger partial charge in [0.05, 0.1) is 13.2 Å². The number of H-pyrrole nitrogens is 1. The smallest absolute Gasteiger partial charge is 0.395 e. The van der Waals surface area contributed by atoms with Gasteiger partial charge in [-0.2, -0.15) is 74.6 Å². The molecule has 10 nitrogen and oxygen atoms in total. The Morgan fingerprint density at radius 1 is 0.812 bits per heavy atom. The molecule has 1 unspecified atom stereocenters. The molecule has 1 aromatic rings. The molecule has 1 aliphatic heterocycles. The summed E-state index contributed by atoms with van der Waals surface area (Å²) in [5.74, 6) is -51.1. The number of aromatic amines is 1. The van der Waals surface area contributed by atoms with E-state index in [0.29, 0.717) is 4.57 Å².